The van der Waals surface area contributed by atoms with E-state index in [0.29, 0.717) is 28.7 Å². The Balaban J connectivity index is 0.00000196. The number of aromatic nitrogens is 1. The first kappa shape index (κ1) is 24.7. The van der Waals surface area contributed by atoms with Crippen LogP contribution in [0.15, 0.2) is 29.6 Å². The third-order valence-corrected chi connectivity index (χ3v) is 5.31. The summed E-state index contributed by atoms with van der Waals surface area (Å²) in [5, 5.41) is 8.38. The van der Waals surface area contributed by atoms with Crippen LogP contribution < -0.4 is 10.6 Å². The summed E-state index contributed by atoms with van der Waals surface area (Å²) in [6.07, 6.45) is -2.16. The lowest BCUT2D eigenvalue weighted by atomic mass is 10.1. The molecule has 1 atom stereocenters. The van der Waals surface area contributed by atoms with Crippen molar-refractivity contribution >= 4 is 42.1 Å². The third-order valence-electron chi connectivity index (χ3n) is 4.37. The molecule has 0 spiro atoms. The Labute approximate surface area is 178 Å². The van der Waals surface area contributed by atoms with Crippen LogP contribution in [0.2, 0.25) is 0 Å². The van der Waals surface area contributed by atoms with Gasteiger partial charge in [0.25, 0.3) is 0 Å². The lowest BCUT2D eigenvalue weighted by Crippen LogP contribution is -2.27. The van der Waals surface area contributed by atoms with Crippen LogP contribution in [-0.2, 0) is 17.4 Å². The number of alkyl halides is 3. The number of hydrogen-bond donors (Lipinski definition) is 2. The van der Waals surface area contributed by atoms with E-state index in [0.717, 1.165) is 38.1 Å². The quantitative estimate of drug-likeness (QED) is 0.681. The monoisotopic (exact) mass is 455 g/mol. The zero-order chi connectivity index (χ0) is 18.6. The van der Waals surface area contributed by atoms with Gasteiger partial charge in [0.15, 0.2) is 0 Å². The fourth-order valence-electron chi connectivity index (χ4n) is 2.95. The second-order valence-electron chi connectivity index (χ2n) is 6.40. The number of nitrogens with one attached hydrogen (secondary N) is 2. The number of rotatable bonds is 6. The second-order valence-corrected chi connectivity index (χ2v) is 7.25. The van der Waals surface area contributed by atoms with Crippen LogP contribution in [-0.4, -0.2) is 30.5 Å². The molecule has 2 heterocycles. The zero-order valence-electron chi connectivity index (χ0n) is 14.9. The van der Waals surface area contributed by atoms with Gasteiger partial charge in [-0.3, -0.25) is 4.79 Å². The largest absolute Gasteiger partial charge is 0.416 e. The predicted octanol–water partition coefficient (Wildman–Crippen LogP) is 4.33. The summed E-state index contributed by atoms with van der Waals surface area (Å²) in [5.74, 6) is 0.499. The number of halogens is 5. The minimum absolute atomic E-state index is 0. The maximum atomic E-state index is 12.8. The van der Waals surface area contributed by atoms with E-state index >= 15 is 0 Å². The summed E-state index contributed by atoms with van der Waals surface area (Å²) < 4.78 is 38.5. The topological polar surface area (TPSA) is 54.0 Å². The first-order chi connectivity index (χ1) is 12.4. The lowest BCUT2D eigenvalue weighted by Gasteiger charge is -2.08. The molecule has 1 aromatic heterocycles. The van der Waals surface area contributed by atoms with Crippen molar-refractivity contribution in [2.24, 2.45) is 5.92 Å². The maximum Gasteiger partial charge on any atom is 0.416 e. The van der Waals surface area contributed by atoms with Gasteiger partial charge >= 0.3 is 6.18 Å². The Kier molecular flexibility index (Phi) is 9.69. The Bertz CT molecular complexity index is 765. The lowest BCUT2D eigenvalue weighted by molar-refractivity contribution is -0.137. The van der Waals surface area contributed by atoms with Crippen LogP contribution in [0.3, 0.4) is 0 Å². The molecular formula is C18H22Cl2F3N3OS. The molecule has 1 saturated heterocycles. The van der Waals surface area contributed by atoms with Gasteiger partial charge in [0.05, 0.1) is 17.7 Å². The van der Waals surface area contributed by atoms with E-state index in [1.165, 1.54) is 17.4 Å². The summed E-state index contributed by atoms with van der Waals surface area (Å²) in [5.41, 5.74) is 0.276. The Morgan fingerprint density at radius 2 is 2.11 bits per heavy atom. The molecule has 1 aliphatic rings. The Morgan fingerprint density at radius 1 is 1.32 bits per heavy atom. The van der Waals surface area contributed by atoms with Crippen LogP contribution in [0, 0.1) is 5.92 Å². The number of amides is 1. The summed E-state index contributed by atoms with van der Waals surface area (Å²) in [6.45, 7) is 2.67. The van der Waals surface area contributed by atoms with Crippen molar-refractivity contribution in [2.45, 2.75) is 25.4 Å². The Morgan fingerprint density at radius 3 is 2.79 bits per heavy atom. The van der Waals surface area contributed by atoms with E-state index in [-0.39, 0.29) is 37.1 Å². The maximum absolute atomic E-state index is 12.8. The SMILES string of the molecule is Cl.Cl.O=C(Cc1csc(-c2cccc(C(F)(F)F)c2)n1)NCCC1CCNC1. The summed E-state index contributed by atoms with van der Waals surface area (Å²) in [4.78, 5) is 16.3. The molecule has 0 bridgehead atoms. The molecule has 2 aromatic rings. The molecule has 4 nitrogen and oxygen atoms in total. The number of carbonyl (C=O) groups excluding carboxylic acids is 1. The minimum Gasteiger partial charge on any atom is -0.356 e. The van der Waals surface area contributed by atoms with E-state index in [9.17, 15) is 18.0 Å². The summed E-state index contributed by atoms with van der Waals surface area (Å²) >= 11 is 1.24. The van der Waals surface area contributed by atoms with E-state index in [1.54, 1.807) is 11.4 Å². The van der Waals surface area contributed by atoms with Gasteiger partial charge in [0, 0.05) is 17.5 Å². The average molecular weight is 456 g/mol. The average Bonchev–Trinajstić information content (AvgIpc) is 3.26. The van der Waals surface area contributed by atoms with Gasteiger partial charge in [-0.05, 0) is 44.0 Å². The molecule has 0 radical (unpaired) electrons. The van der Waals surface area contributed by atoms with Gasteiger partial charge < -0.3 is 10.6 Å². The molecule has 0 aliphatic carbocycles. The molecule has 1 fully saturated rings. The van der Waals surface area contributed by atoms with E-state index < -0.39 is 11.7 Å². The van der Waals surface area contributed by atoms with Crippen molar-refractivity contribution in [1.29, 1.82) is 0 Å². The smallest absolute Gasteiger partial charge is 0.356 e. The van der Waals surface area contributed by atoms with Crippen LogP contribution in [0.25, 0.3) is 10.6 Å². The number of carbonyl (C=O) groups is 1. The highest BCUT2D eigenvalue weighted by Gasteiger charge is 2.30. The fourth-order valence-corrected chi connectivity index (χ4v) is 3.77. The van der Waals surface area contributed by atoms with Gasteiger partial charge in [0.1, 0.15) is 5.01 Å². The first-order valence-corrected chi connectivity index (χ1v) is 9.39. The summed E-state index contributed by atoms with van der Waals surface area (Å²) in [6, 6.07) is 5.07. The molecule has 3 rings (SSSR count). The molecule has 156 valence electrons. The van der Waals surface area contributed by atoms with E-state index in [1.807, 2.05) is 0 Å². The highest BCUT2D eigenvalue weighted by molar-refractivity contribution is 7.13. The van der Waals surface area contributed by atoms with Crippen molar-refractivity contribution in [1.82, 2.24) is 15.6 Å². The normalized spacial score (nSPS) is 16.2. The first-order valence-electron chi connectivity index (χ1n) is 8.51. The highest BCUT2D eigenvalue weighted by Crippen LogP contribution is 2.33. The minimum atomic E-state index is -4.38. The second kappa shape index (κ2) is 11.0. The number of nitrogens with zero attached hydrogens (tertiary/aromatic N) is 1. The van der Waals surface area contributed by atoms with E-state index in [2.05, 4.69) is 15.6 Å². The molecular weight excluding hydrogens is 434 g/mol. The molecule has 1 unspecified atom stereocenters. The zero-order valence-corrected chi connectivity index (χ0v) is 17.4. The fraction of sp³-hybridized carbons (Fsp3) is 0.444. The molecule has 10 heteroatoms. The van der Waals surface area contributed by atoms with Crippen molar-refractivity contribution in [3.8, 4) is 10.6 Å². The van der Waals surface area contributed by atoms with Crippen molar-refractivity contribution < 1.29 is 18.0 Å². The molecule has 2 N–H and O–H groups in total. The standard InChI is InChI=1S/C18H20F3N3OS.2ClH/c19-18(20,21)14-3-1-2-13(8-14)17-24-15(11-26-17)9-16(25)23-7-5-12-4-6-22-10-12;;/h1-3,8,11-12,22H,4-7,9-10H2,(H,23,25);2*1H. The van der Waals surface area contributed by atoms with Crippen molar-refractivity contribution in [3.63, 3.8) is 0 Å². The molecule has 0 saturated carbocycles. The Hall–Kier alpha value is -1.35. The third kappa shape index (κ3) is 6.92. The molecule has 28 heavy (non-hydrogen) atoms. The van der Waals surface area contributed by atoms with Crippen molar-refractivity contribution in [2.75, 3.05) is 19.6 Å². The van der Waals surface area contributed by atoms with E-state index in [4.69, 9.17) is 0 Å². The van der Waals surface area contributed by atoms with Crippen molar-refractivity contribution in [3.05, 3.63) is 40.9 Å². The molecule has 1 aliphatic heterocycles. The van der Waals surface area contributed by atoms with Gasteiger partial charge in [-0.1, -0.05) is 12.1 Å². The summed E-state index contributed by atoms with van der Waals surface area (Å²) in [7, 11) is 0. The number of benzene rings is 1. The highest BCUT2D eigenvalue weighted by atomic mass is 35.5. The van der Waals surface area contributed by atoms with Crippen LogP contribution in [0.4, 0.5) is 13.2 Å². The van der Waals surface area contributed by atoms with Crippen LogP contribution >= 0.6 is 36.2 Å². The molecule has 1 aromatic carbocycles. The number of thiazole rings is 1. The predicted molar refractivity (Wildman–Crippen MR) is 109 cm³/mol. The van der Waals surface area contributed by atoms with Crippen LogP contribution in [0.1, 0.15) is 24.1 Å². The molecule has 1 amide bonds. The van der Waals surface area contributed by atoms with Gasteiger partial charge in [0.2, 0.25) is 5.91 Å². The van der Waals surface area contributed by atoms with Gasteiger partial charge in [-0.15, -0.1) is 36.2 Å². The van der Waals surface area contributed by atoms with Gasteiger partial charge in [-0.25, -0.2) is 4.98 Å². The van der Waals surface area contributed by atoms with Crippen LogP contribution in [0.5, 0.6) is 0 Å². The number of hydrogen-bond acceptors (Lipinski definition) is 4. The van der Waals surface area contributed by atoms with Gasteiger partial charge in [-0.2, -0.15) is 13.2 Å².